The van der Waals surface area contributed by atoms with Crippen LogP contribution in [0.1, 0.15) is 51.9 Å². The maximum atomic E-state index is 14.3. The van der Waals surface area contributed by atoms with Gasteiger partial charge in [-0.2, -0.15) is 0 Å². The smallest absolute Gasteiger partial charge is 0.237 e. The molecule has 4 aliphatic rings. The van der Waals surface area contributed by atoms with Gasteiger partial charge in [-0.1, -0.05) is 13.3 Å². The standard InChI is InChI=1S/C20H35FN4O/c1-12-5-6-17(21)16-8-18(25-19(12)16)20(26)24-15-4-2-3-13(7-15)14-9-22-11-23-10-14/h12-19,22-23,25H,2-11H2,1H3,(H,24,26)/t12?,13-,15-,16?,17?,18?,19?/m0/s1. The minimum atomic E-state index is -0.744. The van der Waals surface area contributed by atoms with E-state index in [9.17, 15) is 9.18 Å². The number of rotatable bonds is 3. The molecular formula is C20H35FN4O. The predicted octanol–water partition coefficient (Wildman–Crippen LogP) is 1.54. The zero-order valence-electron chi connectivity index (χ0n) is 16.0. The molecule has 2 aliphatic heterocycles. The maximum absolute atomic E-state index is 14.3. The molecule has 0 radical (unpaired) electrons. The molecule has 2 saturated heterocycles. The van der Waals surface area contributed by atoms with Crippen molar-refractivity contribution in [2.24, 2.45) is 23.7 Å². The molecule has 4 fully saturated rings. The van der Waals surface area contributed by atoms with Gasteiger partial charge in [0.15, 0.2) is 0 Å². The average molecular weight is 367 g/mol. The van der Waals surface area contributed by atoms with Gasteiger partial charge < -0.3 is 21.3 Å². The zero-order valence-corrected chi connectivity index (χ0v) is 16.0. The lowest BCUT2D eigenvalue weighted by molar-refractivity contribution is -0.124. The lowest BCUT2D eigenvalue weighted by Crippen LogP contribution is -2.51. The molecule has 4 N–H and O–H groups in total. The van der Waals surface area contributed by atoms with Gasteiger partial charge in [0.05, 0.1) is 6.04 Å². The molecule has 7 atom stereocenters. The summed E-state index contributed by atoms with van der Waals surface area (Å²) in [6.45, 7) is 5.27. The van der Waals surface area contributed by atoms with E-state index >= 15 is 0 Å². The second kappa shape index (κ2) is 8.11. The van der Waals surface area contributed by atoms with Crippen molar-refractivity contribution in [3.05, 3.63) is 0 Å². The topological polar surface area (TPSA) is 65.2 Å². The molecule has 0 aromatic rings. The normalized spacial score (nSPS) is 44.5. The van der Waals surface area contributed by atoms with Crippen LogP contribution >= 0.6 is 0 Å². The van der Waals surface area contributed by atoms with E-state index in [1.54, 1.807) is 0 Å². The number of nitrogens with one attached hydrogen (secondary N) is 4. The number of carbonyl (C=O) groups is 1. The summed E-state index contributed by atoms with van der Waals surface area (Å²) in [6.07, 6.45) is 6.13. The van der Waals surface area contributed by atoms with Crippen LogP contribution in [0.2, 0.25) is 0 Å². The fourth-order valence-electron chi connectivity index (χ4n) is 5.90. The first kappa shape index (κ1) is 18.6. The van der Waals surface area contributed by atoms with Crippen LogP contribution in [0.25, 0.3) is 0 Å². The predicted molar refractivity (Wildman–Crippen MR) is 100 cm³/mol. The summed E-state index contributed by atoms with van der Waals surface area (Å²) in [7, 11) is 0. The highest BCUT2D eigenvalue weighted by Gasteiger charge is 2.46. The Morgan fingerprint density at radius 1 is 1.04 bits per heavy atom. The van der Waals surface area contributed by atoms with Gasteiger partial charge in [0.1, 0.15) is 6.17 Å². The Balaban J connectivity index is 1.30. The Labute approximate surface area is 156 Å². The third-order valence-electron chi connectivity index (χ3n) is 7.45. The highest BCUT2D eigenvalue weighted by molar-refractivity contribution is 5.82. The Kier molecular flexibility index (Phi) is 5.81. The highest BCUT2D eigenvalue weighted by atomic mass is 19.1. The molecule has 0 bridgehead atoms. The maximum Gasteiger partial charge on any atom is 0.237 e. The molecule has 26 heavy (non-hydrogen) atoms. The van der Waals surface area contributed by atoms with Crippen LogP contribution < -0.4 is 21.3 Å². The molecule has 4 rings (SSSR count). The number of carbonyl (C=O) groups excluding carboxylic acids is 1. The summed E-state index contributed by atoms with van der Waals surface area (Å²) in [5.41, 5.74) is 0. The SMILES string of the molecule is CC1CCC(F)C2CC(C(=O)N[C@H]3CCC[C@H](C4CNCNC4)C3)NC12. The number of alkyl halides is 1. The Bertz CT molecular complexity index is 480. The first-order chi connectivity index (χ1) is 12.6. The average Bonchev–Trinajstić information content (AvgIpc) is 3.13. The fraction of sp³-hybridized carbons (Fsp3) is 0.950. The van der Waals surface area contributed by atoms with Crippen molar-refractivity contribution in [2.75, 3.05) is 19.8 Å². The van der Waals surface area contributed by atoms with E-state index < -0.39 is 6.17 Å². The van der Waals surface area contributed by atoms with E-state index in [2.05, 4.69) is 28.2 Å². The number of fused-ring (bicyclic) bond motifs is 1. The van der Waals surface area contributed by atoms with Crippen LogP contribution in [-0.2, 0) is 4.79 Å². The van der Waals surface area contributed by atoms with Crippen LogP contribution in [0, 0.1) is 23.7 Å². The Morgan fingerprint density at radius 2 is 1.85 bits per heavy atom. The summed E-state index contributed by atoms with van der Waals surface area (Å²) in [5.74, 6) is 1.94. The van der Waals surface area contributed by atoms with Crippen molar-refractivity contribution in [2.45, 2.75) is 76.2 Å². The molecular weight excluding hydrogens is 331 g/mol. The summed E-state index contributed by atoms with van der Waals surface area (Å²) in [6, 6.07) is 0.251. The molecule has 5 nitrogen and oxygen atoms in total. The van der Waals surface area contributed by atoms with Gasteiger partial charge in [-0.15, -0.1) is 0 Å². The zero-order chi connectivity index (χ0) is 18.1. The van der Waals surface area contributed by atoms with Gasteiger partial charge in [-0.3, -0.25) is 4.79 Å². The Hall–Kier alpha value is -0.720. The van der Waals surface area contributed by atoms with E-state index in [4.69, 9.17) is 0 Å². The van der Waals surface area contributed by atoms with Crippen molar-refractivity contribution in [1.29, 1.82) is 0 Å². The monoisotopic (exact) mass is 366 g/mol. The Morgan fingerprint density at radius 3 is 2.62 bits per heavy atom. The summed E-state index contributed by atoms with van der Waals surface area (Å²) in [4.78, 5) is 12.8. The van der Waals surface area contributed by atoms with Gasteiger partial charge in [-0.25, -0.2) is 4.39 Å². The summed E-state index contributed by atoms with van der Waals surface area (Å²) in [5, 5.41) is 13.6. The molecule has 0 spiro atoms. The van der Waals surface area contributed by atoms with Crippen LogP contribution in [0.4, 0.5) is 4.39 Å². The van der Waals surface area contributed by atoms with Crippen LogP contribution in [0.5, 0.6) is 0 Å². The largest absolute Gasteiger partial charge is 0.352 e. The van der Waals surface area contributed by atoms with Crippen molar-refractivity contribution >= 4 is 5.91 Å². The van der Waals surface area contributed by atoms with Gasteiger partial charge >= 0.3 is 0 Å². The van der Waals surface area contributed by atoms with Crippen LogP contribution in [0.15, 0.2) is 0 Å². The van der Waals surface area contributed by atoms with Crippen LogP contribution in [0.3, 0.4) is 0 Å². The van der Waals surface area contributed by atoms with Crippen molar-refractivity contribution in [1.82, 2.24) is 21.3 Å². The minimum Gasteiger partial charge on any atom is -0.352 e. The van der Waals surface area contributed by atoms with Crippen molar-refractivity contribution < 1.29 is 9.18 Å². The fourth-order valence-corrected chi connectivity index (χ4v) is 5.90. The minimum absolute atomic E-state index is 0.0213. The molecule has 1 amide bonds. The molecule has 2 saturated carbocycles. The van der Waals surface area contributed by atoms with Gasteiger partial charge in [0, 0.05) is 37.8 Å². The molecule has 2 aliphatic carbocycles. The summed E-state index contributed by atoms with van der Waals surface area (Å²) >= 11 is 0. The van der Waals surface area contributed by atoms with Gasteiger partial charge in [0.2, 0.25) is 5.91 Å². The second-order valence-electron chi connectivity index (χ2n) is 9.19. The first-order valence-electron chi connectivity index (χ1n) is 10.7. The number of hydrogen-bond acceptors (Lipinski definition) is 4. The first-order valence-corrected chi connectivity index (χ1v) is 10.7. The number of hydrogen-bond donors (Lipinski definition) is 4. The van der Waals surface area contributed by atoms with Crippen molar-refractivity contribution in [3.8, 4) is 0 Å². The molecule has 0 aromatic carbocycles. The molecule has 0 aromatic heterocycles. The molecule has 148 valence electrons. The quantitative estimate of drug-likeness (QED) is 0.612. The van der Waals surface area contributed by atoms with E-state index in [1.165, 1.54) is 12.8 Å². The van der Waals surface area contributed by atoms with E-state index in [0.717, 1.165) is 39.0 Å². The molecule has 2 heterocycles. The van der Waals surface area contributed by atoms with Crippen LogP contribution in [-0.4, -0.2) is 50.0 Å². The van der Waals surface area contributed by atoms with E-state index in [-0.39, 0.29) is 30.0 Å². The van der Waals surface area contributed by atoms with E-state index in [0.29, 0.717) is 30.6 Å². The number of halogens is 1. The lowest BCUT2D eigenvalue weighted by Gasteiger charge is -2.37. The molecule has 5 unspecified atom stereocenters. The van der Waals surface area contributed by atoms with Gasteiger partial charge in [0.25, 0.3) is 0 Å². The third kappa shape index (κ3) is 3.92. The third-order valence-corrected chi connectivity index (χ3v) is 7.45. The number of amides is 1. The van der Waals surface area contributed by atoms with Gasteiger partial charge in [-0.05, 0) is 56.3 Å². The second-order valence-corrected chi connectivity index (χ2v) is 9.19. The van der Waals surface area contributed by atoms with Crippen molar-refractivity contribution in [3.63, 3.8) is 0 Å². The highest BCUT2D eigenvalue weighted by Crippen LogP contribution is 2.39. The lowest BCUT2D eigenvalue weighted by atomic mass is 9.77. The summed E-state index contributed by atoms with van der Waals surface area (Å²) < 4.78 is 14.3. The molecule has 6 heteroatoms. The van der Waals surface area contributed by atoms with E-state index in [1.807, 2.05) is 0 Å².